The van der Waals surface area contributed by atoms with Crippen molar-refractivity contribution >= 4 is 0 Å². The summed E-state index contributed by atoms with van der Waals surface area (Å²) in [6.45, 7) is 1.19. The molecule has 5 rings (SSSR count). The van der Waals surface area contributed by atoms with E-state index >= 15 is 0 Å². The van der Waals surface area contributed by atoms with E-state index in [1.165, 1.54) is 96.4 Å². The Morgan fingerprint density at radius 2 is 1.37 bits per heavy atom. The number of rotatable bonds is 5. The summed E-state index contributed by atoms with van der Waals surface area (Å²) < 4.78 is 0. The SMILES string of the molecule is C1=C(C2CCCCC2)CCC([C@H](c2ccc(C3CCCCC3)cc2)C2CCCN2)=C1. The number of hydrogen-bond donors (Lipinski definition) is 1. The molecule has 1 saturated heterocycles. The second-order valence-electron chi connectivity index (χ2n) is 10.5. The third kappa shape index (κ3) is 4.62. The number of allylic oxidation sites excluding steroid dienone is 3. The topological polar surface area (TPSA) is 12.0 Å². The van der Waals surface area contributed by atoms with Gasteiger partial charge in [0, 0.05) is 12.0 Å². The van der Waals surface area contributed by atoms with E-state index in [1.54, 1.807) is 22.3 Å². The van der Waals surface area contributed by atoms with Crippen molar-refractivity contribution in [2.24, 2.45) is 5.92 Å². The second kappa shape index (κ2) is 9.86. The standard InChI is InChI=1S/C29H41N/c1-3-8-22(9-4-1)24-13-17-26(18-14-24)29(28-12-7-21-30-28)27-19-15-25(16-20-27)23-10-5-2-6-11-23/h13-15,17-19,22-23,28-30H,1-12,16,20-21H2/t28?,29-/m0/s1. The van der Waals surface area contributed by atoms with Gasteiger partial charge in [-0.1, -0.05) is 86.1 Å². The maximum Gasteiger partial charge on any atom is 0.0205 e. The van der Waals surface area contributed by atoms with Crippen LogP contribution in [0.25, 0.3) is 0 Å². The highest BCUT2D eigenvalue weighted by Crippen LogP contribution is 2.41. The number of hydrogen-bond acceptors (Lipinski definition) is 1. The van der Waals surface area contributed by atoms with Crippen LogP contribution in [-0.4, -0.2) is 12.6 Å². The summed E-state index contributed by atoms with van der Waals surface area (Å²) in [5, 5.41) is 3.84. The van der Waals surface area contributed by atoms with Gasteiger partial charge in [0.25, 0.3) is 0 Å². The van der Waals surface area contributed by atoms with E-state index in [2.05, 4.69) is 41.7 Å². The highest BCUT2D eigenvalue weighted by molar-refractivity contribution is 5.39. The van der Waals surface area contributed by atoms with Gasteiger partial charge < -0.3 is 5.32 Å². The van der Waals surface area contributed by atoms with Crippen LogP contribution in [0.1, 0.15) is 113 Å². The lowest BCUT2D eigenvalue weighted by molar-refractivity contribution is 0.392. The van der Waals surface area contributed by atoms with Gasteiger partial charge >= 0.3 is 0 Å². The normalized spacial score (nSPS) is 27.5. The molecule has 3 aliphatic carbocycles. The van der Waals surface area contributed by atoms with E-state index in [1.807, 2.05) is 0 Å². The molecular formula is C29H41N. The predicted molar refractivity (Wildman–Crippen MR) is 128 cm³/mol. The maximum absolute atomic E-state index is 3.84. The van der Waals surface area contributed by atoms with Crippen molar-refractivity contribution in [2.45, 2.75) is 108 Å². The lowest BCUT2D eigenvalue weighted by Gasteiger charge is -2.32. The summed E-state index contributed by atoms with van der Waals surface area (Å²) in [5.74, 6) is 2.26. The second-order valence-corrected chi connectivity index (χ2v) is 10.5. The fourth-order valence-electron chi connectivity index (χ4n) is 6.85. The predicted octanol–water partition coefficient (Wildman–Crippen LogP) is 7.80. The molecule has 1 aromatic carbocycles. The minimum absolute atomic E-state index is 0.567. The molecule has 1 unspecified atom stereocenters. The summed E-state index contributed by atoms with van der Waals surface area (Å²) in [5.41, 5.74) is 6.58. The van der Waals surface area contributed by atoms with E-state index in [4.69, 9.17) is 0 Å². The van der Waals surface area contributed by atoms with Crippen molar-refractivity contribution in [1.29, 1.82) is 0 Å². The van der Waals surface area contributed by atoms with E-state index in [9.17, 15) is 0 Å². The summed E-state index contributed by atoms with van der Waals surface area (Å²) in [6, 6.07) is 10.5. The van der Waals surface area contributed by atoms with Gasteiger partial charge in [0.15, 0.2) is 0 Å². The highest BCUT2D eigenvalue weighted by atomic mass is 14.9. The van der Waals surface area contributed by atoms with Crippen LogP contribution in [0.3, 0.4) is 0 Å². The van der Waals surface area contributed by atoms with Crippen molar-refractivity contribution in [1.82, 2.24) is 5.32 Å². The molecule has 4 aliphatic rings. The van der Waals surface area contributed by atoms with Crippen LogP contribution in [0.4, 0.5) is 0 Å². The number of nitrogens with one attached hydrogen (secondary N) is 1. The van der Waals surface area contributed by atoms with Gasteiger partial charge in [-0.2, -0.15) is 0 Å². The molecule has 0 radical (unpaired) electrons. The Morgan fingerprint density at radius 3 is 1.97 bits per heavy atom. The molecule has 1 heterocycles. The average Bonchev–Trinajstić information content (AvgIpc) is 3.36. The fourth-order valence-corrected chi connectivity index (χ4v) is 6.85. The molecule has 3 fully saturated rings. The molecule has 0 bridgehead atoms. The van der Waals surface area contributed by atoms with Crippen molar-refractivity contribution in [2.75, 3.05) is 6.54 Å². The van der Waals surface area contributed by atoms with E-state index in [-0.39, 0.29) is 0 Å². The Bertz CT molecular complexity index is 737. The molecule has 0 amide bonds. The van der Waals surface area contributed by atoms with Crippen molar-refractivity contribution in [3.05, 3.63) is 58.7 Å². The largest absolute Gasteiger partial charge is 0.313 e. The maximum atomic E-state index is 3.84. The zero-order valence-corrected chi connectivity index (χ0v) is 18.9. The quantitative estimate of drug-likeness (QED) is 0.529. The van der Waals surface area contributed by atoms with Gasteiger partial charge in [0.05, 0.1) is 0 Å². The highest BCUT2D eigenvalue weighted by Gasteiger charge is 2.30. The van der Waals surface area contributed by atoms with Crippen LogP contribution >= 0.6 is 0 Å². The van der Waals surface area contributed by atoms with Crippen molar-refractivity contribution < 1.29 is 0 Å². The van der Waals surface area contributed by atoms with Gasteiger partial charge in [0.1, 0.15) is 0 Å². The van der Waals surface area contributed by atoms with Gasteiger partial charge in [-0.25, -0.2) is 0 Å². The third-order valence-corrected chi connectivity index (χ3v) is 8.62. The first-order valence-electron chi connectivity index (χ1n) is 13.1. The molecule has 1 heteroatoms. The Hall–Kier alpha value is -1.34. The van der Waals surface area contributed by atoms with Crippen LogP contribution in [0.2, 0.25) is 0 Å². The molecule has 1 N–H and O–H groups in total. The fraction of sp³-hybridized carbons (Fsp3) is 0.655. The molecule has 2 atom stereocenters. The Kier molecular flexibility index (Phi) is 6.75. The molecule has 1 nitrogen and oxygen atoms in total. The molecule has 0 spiro atoms. The molecule has 1 aromatic rings. The summed E-state index contributed by atoms with van der Waals surface area (Å²) >= 11 is 0. The van der Waals surface area contributed by atoms with Gasteiger partial charge in [-0.05, 0) is 80.9 Å². The summed E-state index contributed by atoms with van der Waals surface area (Å²) in [7, 11) is 0. The van der Waals surface area contributed by atoms with E-state index in [0.717, 1.165) is 11.8 Å². The Balaban J connectivity index is 1.36. The molecule has 30 heavy (non-hydrogen) atoms. The first kappa shape index (κ1) is 20.6. The lowest BCUT2D eigenvalue weighted by atomic mass is 9.75. The number of benzene rings is 1. The monoisotopic (exact) mass is 403 g/mol. The van der Waals surface area contributed by atoms with Crippen molar-refractivity contribution in [3.63, 3.8) is 0 Å². The Labute approximate surface area is 184 Å². The van der Waals surface area contributed by atoms with E-state index < -0.39 is 0 Å². The minimum atomic E-state index is 0.567. The lowest BCUT2D eigenvalue weighted by Crippen LogP contribution is -2.30. The first-order valence-corrected chi connectivity index (χ1v) is 13.1. The summed E-state index contributed by atoms with van der Waals surface area (Å²) in [4.78, 5) is 0. The summed E-state index contributed by atoms with van der Waals surface area (Å²) in [6.07, 6.45) is 24.6. The smallest absolute Gasteiger partial charge is 0.0205 e. The molecule has 0 aromatic heterocycles. The zero-order chi connectivity index (χ0) is 20.2. The van der Waals surface area contributed by atoms with Gasteiger partial charge in [-0.3, -0.25) is 0 Å². The van der Waals surface area contributed by atoms with Crippen LogP contribution < -0.4 is 5.32 Å². The van der Waals surface area contributed by atoms with Gasteiger partial charge in [-0.15, -0.1) is 0 Å². The van der Waals surface area contributed by atoms with Crippen LogP contribution in [-0.2, 0) is 0 Å². The molecular weight excluding hydrogens is 362 g/mol. The van der Waals surface area contributed by atoms with Gasteiger partial charge in [0.2, 0.25) is 0 Å². The molecule has 162 valence electrons. The third-order valence-electron chi connectivity index (χ3n) is 8.62. The minimum Gasteiger partial charge on any atom is -0.313 e. The van der Waals surface area contributed by atoms with Crippen LogP contribution in [0.15, 0.2) is 47.6 Å². The Morgan fingerprint density at radius 1 is 0.667 bits per heavy atom. The van der Waals surface area contributed by atoms with E-state index in [0.29, 0.717) is 12.0 Å². The zero-order valence-electron chi connectivity index (χ0n) is 18.9. The average molecular weight is 404 g/mol. The van der Waals surface area contributed by atoms with Crippen molar-refractivity contribution in [3.8, 4) is 0 Å². The molecule has 2 saturated carbocycles. The van der Waals surface area contributed by atoms with Crippen LogP contribution in [0, 0.1) is 5.92 Å². The first-order chi connectivity index (χ1) is 14.9. The molecule has 1 aliphatic heterocycles. The van der Waals surface area contributed by atoms with Crippen LogP contribution in [0.5, 0.6) is 0 Å².